The van der Waals surface area contributed by atoms with Crippen molar-refractivity contribution in [2.24, 2.45) is 0 Å². The molecule has 0 radical (unpaired) electrons. The van der Waals surface area contributed by atoms with Gasteiger partial charge in [0.15, 0.2) is 0 Å². The van der Waals surface area contributed by atoms with Crippen LogP contribution in [0.3, 0.4) is 0 Å². The molecule has 0 aliphatic rings. The highest BCUT2D eigenvalue weighted by atomic mass is 35.5. The van der Waals surface area contributed by atoms with Gasteiger partial charge in [0, 0.05) is 47.5 Å². The van der Waals surface area contributed by atoms with Gasteiger partial charge in [0.05, 0.1) is 11.9 Å². The van der Waals surface area contributed by atoms with Crippen LogP contribution in [0.2, 0.25) is 15.1 Å². The van der Waals surface area contributed by atoms with Gasteiger partial charge in [-0.2, -0.15) is 0 Å². The standard InChI is InChI=1S/C29H32Cl3N3O4S/c1-3-33-29(37)27(18-21-8-5-4-6-9-21)34(20-22-11-12-24(31)19-26(22)32)28(36)10-7-17-35(40(2,38)39)25-15-13-23(30)14-16-25/h4-6,8-9,11-16,19,27H,3,7,10,17-18,20H2,1-2H3,(H,33,37)/t27-/m1/s1. The summed E-state index contributed by atoms with van der Waals surface area (Å²) in [5, 5.41) is 4.17. The summed E-state index contributed by atoms with van der Waals surface area (Å²) < 4.78 is 26.3. The van der Waals surface area contributed by atoms with Gasteiger partial charge in [0.25, 0.3) is 0 Å². The van der Waals surface area contributed by atoms with E-state index in [0.717, 1.165) is 11.8 Å². The van der Waals surface area contributed by atoms with Crippen molar-refractivity contribution < 1.29 is 18.0 Å². The number of halogens is 3. The number of likely N-dealkylation sites (N-methyl/N-ethyl adjacent to an activating group) is 1. The van der Waals surface area contributed by atoms with Crippen LogP contribution in [0, 0.1) is 0 Å². The number of nitrogens with one attached hydrogen (secondary N) is 1. The zero-order valence-electron chi connectivity index (χ0n) is 22.3. The Hall–Kier alpha value is -2.78. The predicted molar refractivity (Wildman–Crippen MR) is 163 cm³/mol. The van der Waals surface area contributed by atoms with Crippen molar-refractivity contribution in [1.82, 2.24) is 10.2 Å². The quantitative estimate of drug-likeness (QED) is 0.254. The van der Waals surface area contributed by atoms with Crippen LogP contribution >= 0.6 is 34.8 Å². The summed E-state index contributed by atoms with van der Waals surface area (Å²) in [4.78, 5) is 28.6. The van der Waals surface area contributed by atoms with Gasteiger partial charge in [-0.25, -0.2) is 8.42 Å². The Labute approximate surface area is 251 Å². The smallest absolute Gasteiger partial charge is 0.243 e. The molecule has 40 heavy (non-hydrogen) atoms. The van der Waals surface area contributed by atoms with E-state index in [0.29, 0.717) is 39.3 Å². The number of amides is 2. The molecule has 0 aromatic heterocycles. The van der Waals surface area contributed by atoms with Crippen LogP contribution in [0.15, 0.2) is 72.8 Å². The Balaban J connectivity index is 1.88. The lowest BCUT2D eigenvalue weighted by Crippen LogP contribution is -2.50. The predicted octanol–water partition coefficient (Wildman–Crippen LogP) is 5.97. The highest BCUT2D eigenvalue weighted by Crippen LogP contribution is 2.25. The molecule has 0 unspecified atom stereocenters. The zero-order valence-corrected chi connectivity index (χ0v) is 25.4. The molecule has 0 fully saturated rings. The number of carbonyl (C=O) groups excluding carboxylic acids is 2. The summed E-state index contributed by atoms with van der Waals surface area (Å²) in [5.41, 5.74) is 1.99. The van der Waals surface area contributed by atoms with E-state index in [1.165, 1.54) is 9.21 Å². The molecule has 0 heterocycles. The van der Waals surface area contributed by atoms with Crippen LogP contribution in [0.5, 0.6) is 0 Å². The first kappa shape index (κ1) is 31.7. The Morgan fingerprint density at radius 3 is 2.17 bits per heavy atom. The fraction of sp³-hybridized carbons (Fsp3) is 0.310. The van der Waals surface area contributed by atoms with E-state index in [1.54, 1.807) is 42.5 Å². The monoisotopic (exact) mass is 623 g/mol. The first-order valence-electron chi connectivity index (χ1n) is 12.8. The minimum atomic E-state index is -3.61. The van der Waals surface area contributed by atoms with Gasteiger partial charge in [0.1, 0.15) is 6.04 Å². The molecule has 0 bridgehead atoms. The van der Waals surface area contributed by atoms with Crippen molar-refractivity contribution in [1.29, 1.82) is 0 Å². The summed E-state index contributed by atoms with van der Waals surface area (Å²) in [7, 11) is -3.61. The second-order valence-electron chi connectivity index (χ2n) is 9.27. The second-order valence-corrected chi connectivity index (χ2v) is 12.5. The lowest BCUT2D eigenvalue weighted by Gasteiger charge is -2.32. The van der Waals surface area contributed by atoms with Crippen LogP contribution in [-0.2, 0) is 32.6 Å². The molecule has 3 rings (SSSR count). The summed E-state index contributed by atoms with van der Waals surface area (Å²) >= 11 is 18.5. The topological polar surface area (TPSA) is 86.8 Å². The highest BCUT2D eigenvalue weighted by Gasteiger charge is 2.30. The van der Waals surface area contributed by atoms with Crippen molar-refractivity contribution in [2.75, 3.05) is 23.7 Å². The van der Waals surface area contributed by atoms with Gasteiger partial charge in [0.2, 0.25) is 21.8 Å². The van der Waals surface area contributed by atoms with Crippen LogP contribution < -0.4 is 9.62 Å². The van der Waals surface area contributed by atoms with Gasteiger partial charge in [-0.1, -0.05) is 71.2 Å². The van der Waals surface area contributed by atoms with Crippen molar-refractivity contribution in [3.63, 3.8) is 0 Å². The Bertz CT molecular complexity index is 1400. The fourth-order valence-corrected chi connectivity index (χ4v) is 5.85. The zero-order chi connectivity index (χ0) is 29.3. The number of rotatable bonds is 13. The molecule has 2 amide bonds. The average molecular weight is 625 g/mol. The minimum absolute atomic E-state index is 0.00944. The Morgan fingerprint density at radius 1 is 0.925 bits per heavy atom. The van der Waals surface area contributed by atoms with Gasteiger partial charge >= 0.3 is 0 Å². The van der Waals surface area contributed by atoms with Gasteiger partial charge in [-0.3, -0.25) is 13.9 Å². The Kier molecular flexibility index (Phi) is 11.7. The first-order valence-corrected chi connectivity index (χ1v) is 15.8. The molecule has 1 N–H and O–H groups in total. The van der Waals surface area contributed by atoms with E-state index in [1.807, 2.05) is 37.3 Å². The van der Waals surface area contributed by atoms with Gasteiger partial charge in [-0.05, 0) is 60.9 Å². The SMILES string of the molecule is CCNC(=O)[C@@H](Cc1ccccc1)N(Cc1ccc(Cl)cc1Cl)C(=O)CCCN(c1ccc(Cl)cc1)S(C)(=O)=O. The van der Waals surface area contributed by atoms with Crippen LogP contribution in [0.1, 0.15) is 30.9 Å². The molecule has 1 atom stereocenters. The fourth-order valence-electron chi connectivity index (χ4n) is 4.29. The first-order chi connectivity index (χ1) is 19.0. The Morgan fingerprint density at radius 2 is 1.57 bits per heavy atom. The highest BCUT2D eigenvalue weighted by molar-refractivity contribution is 7.92. The molecule has 11 heteroatoms. The van der Waals surface area contributed by atoms with Crippen molar-refractivity contribution >= 4 is 62.3 Å². The normalized spacial score (nSPS) is 12.0. The number of benzene rings is 3. The van der Waals surface area contributed by atoms with Gasteiger partial charge in [-0.15, -0.1) is 0 Å². The van der Waals surface area contributed by atoms with Crippen LogP contribution in [0.25, 0.3) is 0 Å². The summed E-state index contributed by atoms with van der Waals surface area (Å²) in [6.45, 7) is 2.37. The van der Waals surface area contributed by atoms with E-state index >= 15 is 0 Å². The van der Waals surface area contributed by atoms with Crippen LogP contribution in [0.4, 0.5) is 5.69 Å². The molecule has 0 saturated carbocycles. The molecular weight excluding hydrogens is 593 g/mol. The maximum Gasteiger partial charge on any atom is 0.243 e. The number of hydrogen-bond acceptors (Lipinski definition) is 4. The molecule has 3 aromatic carbocycles. The van der Waals surface area contributed by atoms with Crippen molar-refractivity contribution in [2.45, 2.75) is 38.8 Å². The average Bonchev–Trinajstić information content (AvgIpc) is 2.90. The summed E-state index contributed by atoms with van der Waals surface area (Å²) in [6.07, 6.45) is 1.65. The molecule has 0 aliphatic carbocycles. The summed E-state index contributed by atoms with van der Waals surface area (Å²) in [5.74, 6) is -0.591. The third-order valence-corrected chi connectivity index (χ3v) is 8.28. The van der Waals surface area contributed by atoms with E-state index in [4.69, 9.17) is 34.8 Å². The molecule has 0 spiro atoms. The van der Waals surface area contributed by atoms with E-state index in [-0.39, 0.29) is 37.7 Å². The molecule has 0 aliphatic heterocycles. The van der Waals surface area contributed by atoms with E-state index in [2.05, 4.69) is 5.32 Å². The number of hydrogen-bond donors (Lipinski definition) is 1. The van der Waals surface area contributed by atoms with E-state index in [9.17, 15) is 18.0 Å². The largest absolute Gasteiger partial charge is 0.355 e. The molecule has 3 aromatic rings. The third-order valence-electron chi connectivity index (χ3n) is 6.24. The minimum Gasteiger partial charge on any atom is -0.355 e. The van der Waals surface area contributed by atoms with Crippen molar-refractivity contribution in [3.8, 4) is 0 Å². The molecular formula is C29H32Cl3N3O4S. The van der Waals surface area contributed by atoms with Crippen molar-refractivity contribution in [3.05, 3.63) is 99.0 Å². The third kappa shape index (κ3) is 9.13. The second kappa shape index (κ2) is 14.7. The maximum absolute atomic E-state index is 13.8. The lowest BCUT2D eigenvalue weighted by atomic mass is 10.0. The number of sulfonamides is 1. The number of anilines is 1. The van der Waals surface area contributed by atoms with Gasteiger partial charge < -0.3 is 10.2 Å². The maximum atomic E-state index is 13.8. The van der Waals surface area contributed by atoms with Crippen LogP contribution in [-0.4, -0.2) is 50.5 Å². The summed E-state index contributed by atoms with van der Waals surface area (Å²) in [6, 6.07) is 20.1. The number of nitrogens with zero attached hydrogens (tertiary/aromatic N) is 2. The molecule has 0 saturated heterocycles. The number of carbonyl (C=O) groups is 2. The van der Waals surface area contributed by atoms with E-state index < -0.39 is 16.1 Å². The molecule has 214 valence electrons. The lowest BCUT2D eigenvalue weighted by molar-refractivity contribution is -0.141. The molecule has 7 nitrogen and oxygen atoms in total.